The van der Waals surface area contributed by atoms with E-state index in [1.807, 2.05) is 0 Å². The summed E-state index contributed by atoms with van der Waals surface area (Å²) in [5, 5.41) is 3.44. The highest BCUT2D eigenvalue weighted by atomic mass is 79.9. The van der Waals surface area contributed by atoms with Crippen molar-refractivity contribution >= 4 is 15.9 Å². The second kappa shape index (κ2) is 6.26. The molecule has 0 bridgehead atoms. The molecule has 0 spiro atoms. The highest BCUT2D eigenvalue weighted by Gasteiger charge is 2.32. The van der Waals surface area contributed by atoms with Gasteiger partial charge >= 0.3 is 18.5 Å². The molecule has 5 nitrogen and oxygen atoms in total. The van der Waals surface area contributed by atoms with E-state index in [0.717, 1.165) is 12.1 Å². The first-order chi connectivity index (χ1) is 10.5. The van der Waals surface area contributed by atoms with Gasteiger partial charge in [-0.3, -0.25) is 0 Å². The van der Waals surface area contributed by atoms with Crippen LogP contribution < -0.4 is 9.47 Å². The number of rotatable bonds is 4. The van der Waals surface area contributed by atoms with Crippen molar-refractivity contribution in [2.45, 2.75) is 19.1 Å². The van der Waals surface area contributed by atoms with Gasteiger partial charge in [0.25, 0.3) is 0 Å². The summed E-state index contributed by atoms with van der Waals surface area (Å²) in [6.07, 6.45) is -9.48. The second-order valence-electron chi connectivity index (χ2n) is 4.06. The van der Waals surface area contributed by atoms with E-state index in [-0.39, 0.29) is 10.5 Å². The highest BCUT2D eigenvalue weighted by Crippen LogP contribution is 2.29. The Hall–Kier alpha value is -1.98. The molecule has 0 amide bonds. The lowest BCUT2D eigenvalue weighted by molar-refractivity contribution is -0.274. The summed E-state index contributed by atoms with van der Waals surface area (Å²) in [4.78, 5) is 3.58. The zero-order valence-corrected chi connectivity index (χ0v) is 12.4. The molecule has 0 saturated heterocycles. The van der Waals surface area contributed by atoms with Crippen LogP contribution >= 0.6 is 15.9 Å². The molecule has 23 heavy (non-hydrogen) atoms. The van der Waals surface area contributed by atoms with Crippen molar-refractivity contribution in [3.05, 3.63) is 29.0 Å². The summed E-state index contributed by atoms with van der Waals surface area (Å²) in [5.74, 6) is -0.786. The van der Waals surface area contributed by atoms with E-state index < -0.39 is 30.8 Å². The maximum absolute atomic E-state index is 12.4. The SMILES string of the molecule is FC(F)(F)Cn1nc(Br)nc1Oc1cccc(OC(F)(F)F)c1. The third kappa shape index (κ3) is 5.62. The molecule has 0 unspecified atom stereocenters. The molecule has 12 heteroatoms. The zero-order chi connectivity index (χ0) is 17.3. The Labute approximate surface area is 132 Å². The Morgan fingerprint density at radius 1 is 1.09 bits per heavy atom. The molecule has 0 N–H and O–H groups in total. The maximum atomic E-state index is 12.4. The molecule has 0 aliphatic heterocycles. The van der Waals surface area contributed by atoms with Crippen LogP contribution in [0, 0.1) is 0 Å². The van der Waals surface area contributed by atoms with E-state index in [0.29, 0.717) is 4.68 Å². The summed E-state index contributed by atoms with van der Waals surface area (Å²) >= 11 is 2.79. The topological polar surface area (TPSA) is 49.2 Å². The molecule has 2 rings (SSSR count). The molecule has 0 fully saturated rings. The third-order valence-corrected chi connectivity index (χ3v) is 2.53. The number of hydrogen-bond acceptors (Lipinski definition) is 4. The molecule has 1 aromatic carbocycles. The van der Waals surface area contributed by atoms with Gasteiger partial charge in [-0.25, -0.2) is 4.68 Å². The minimum absolute atomic E-state index is 0.167. The van der Waals surface area contributed by atoms with Crippen LogP contribution in [-0.4, -0.2) is 27.3 Å². The molecule has 0 aliphatic rings. The average Bonchev–Trinajstić information content (AvgIpc) is 2.65. The lowest BCUT2D eigenvalue weighted by Gasteiger charge is -2.11. The summed E-state index contributed by atoms with van der Waals surface area (Å²) < 4.78 is 82.6. The number of halogens is 7. The van der Waals surface area contributed by atoms with Crippen molar-refractivity contribution < 1.29 is 35.8 Å². The van der Waals surface area contributed by atoms with Crippen LogP contribution in [-0.2, 0) is 6.54 Å². The normalized spacial score (nSPS) is 12.3. The highest BCUT2D eigenvalue weighted by molar-refractivity contribution is 9.10. The number of hydrogen-bond donors (Lipinski definition) is 0. The van der Waals surface area contributed by atoms with Gasteiger partial charge in [-0.2, -0.15) is 18.2 Å². The fraction of sp³-hybridized carbons (Fsp3) is 0.273. The first-order valence-corrected chi connectivity index (χ1v) is 6.52. The van der Waals surface area contributed by atoms with Crippen molar-refractivity contribution in [1.29, 1.82) is 0 Å². The van der Waals surface area contributed by atoms with Crippen LogP contribution in [0.4, 0.5) is 26.3 Å². The maximum Gasteiger partial charge on any atom is 0.573 e. The molecule has 126 valence electrons. The summed E-state index contributed by atoms with van der Waals surface area (Å²) in [6, 6.07) is 3.73. The van der Waals surface area contributed by atoms with Gasteiger partial charge in [0.2, 0.25) is 4.73 Å². The molecule has 1 aromatic heterocycles. The van der Waals surface area contributed by atoms with E-state index >= 15 is 0 Å². The summed E-state index contributed by atoms with van der Waals surface area (Å²) in [7, 11) is 0. The van der Waals surface area contributed by atoms with E-state index in [1.165, 1.54) is 12.1 Å². The largest absolute Gasteiger partial charge is 0.573 e. The van der Waals surface area contributed by atoms with Crippen LogP contribution in [0.2, 0.25) is 0 Å². The zero-order valence-electron chi connectivity index (χ0n) is 10.8. The van der Waals surface area contributed by atoms with E-state index in [4.69, 9.17) is 4.74 Å². The van der Waals surface area contributed by atoms with Crippen molar-refractivity contribution in [1.82, 2.24) is 14.8 Å². The molecule has 0 saturated carbocycles. The monoisotopic (exact) mass is 405 g/mol. The van der Waals surface area contributed by atoms with E-state index in [2.05, 4.69) is 30.7 Å². The molecule has 0 radical (unpaired) electrons. The van der Waals surface area contributed by atoms with Gasteiger partial charge in [-0.1, -0.05) is 6.07 Å². The van der Waals surface area contributed by atoms with Crippen molar-refractivity contribution in [2.75, 3.05) is 0 Å². The van der Waals surface area contributed by atoms with Crippen molar-refractivity contribution in [3.63, 3.8) is 0 Å². The predicted molar refractivity (Wildman–Crippen MR) is 67.0 cm³/mol. The summed E-state index contributed by atoms with van der Waals surface area (Å²) in [5.41, 5.74) is 0. The smallest absolute Gasteiger partial charge is 0.424 e. The van der Waals surface area contributed by atoms with Gasteiger partial charge in [-0.15, -0.1) is 18.3 Å². The Kier molecular flexibility index (Phi) is 4.73. The third-order valence-electron chi connectivity index (χ3n) is 2.19. The van der Waals surface area contributed by atoms with Crippen LogP contribution in [0.1, 0.15) is 0 Å². The average molecular weight is 406 g/mol. The molecular weight excluding hydrogens is 400 g/mol. The van der Waals surface area contributed by atoms with Crippen LogP contribution in [0.5, 0.6) is 17.5 Å². The first kappa shape index (κ1) is 17.4. The van der Waals surface area contributed by atoms with Crippen LogP contribution in [0.25, 0.3) is 0 Å². The fourth-order valence-electron chi connectivity index (χ4n) is 1.49. The lowest BCUT2D eigenvalue weighted by Crippen LogP contribution is -2.19. The van der Waals surface area contributed by atoms with E-state index in [9.17, 15) is 26.3 Å². The number of benzene rings is 1. The second-order valence-corrected chi connectivity index (χ2v) is 4.77. The van der Waals surface area contributed by atoms with Gasteiger partial charge in [0.1, 0.15) is 18.0 Å². The minimum atomic E-state index is -4.90. The Morgan fingerprint density at radius 2 is 1.74 bits per heavy atom. The van der Waals surface area contributed by atoms with Gasteiger partial charge in [-0.05, 0) is 28.1 Å². The van der Waals surface area contributed by atoms with Crippen LogP contribution in [0.15, 0.2) is 29.0 Å². The molecule has 1 heterocycles. The first-order valence-electron chi connectivity index (χ1n) is 5.72. The number of ether oxygens (including phenoxy) is 2. The summed E-state index contributed by atoms with van der Waals surface area (Å²) in [6.45, 7) is -1.47. The predicted octanol–water partition coefficient (Wildman–Crippen LogP) is 4.29. The molecule has 2 aromatic rings. The van der Waals surface area contributed by atoms with Gasteiger partial charge in [0, 0.05) is 6.07 Å². The molecule has 0 aliphatic carbocycles. The number of nitrogens with zero attached hydrogens (tertiary/aromatic N) is 3. The van der Waals surface area contributed by atoms with Gasteiger partial charge in [0.05, 0.1) is 0 Å². The van der Waals surface area contributed by atoms with E-state index in [1.54, 1.807) is 0 Å². The minimum Gasteiger partial charge on any atom is -0.424 e. The van der Waals surface area contributed by atoms with Crippen LogP contribution in [0.3, 0.4) is 0 Å². The molecule has 0 atom stereocenters. The van der Waals surface area contributed by atoms with Crippen molar-refractivity contribution in [3.8, 4) is 17.5 Å². The lowest BCUT2D eigenvalue weighted by atomic mass is 10.3. The number of aromatic nitrogens is 3. The Balaban J connectivity index is 2.21. The fourth-order valence-corrected chi connectivity index (χ4v) is 1.83. The Bertz CT molecular complexity index is 685. The quantitative estimate of drug-likeness (QED) is 0.711. The van der Waals surface area contributed by atoms with Gasteiger partial charge in [0.15, 0.2) is 0 Å². The standard InChI is InChI=1S/C11H6BrF6N3O2/c12-8-19-9(21(20-8)5-10(13,14)15)22-6-2-1-3-7(4-6)23-11(16,17)18/h1-4H,5H2. The Morgan fingerprint density at radius 3 is 2.35 bits per heavy atom. The van der Waals surface area contributed by atoms with Crippen molar-refractivity contribution in [2.24, 2.45) is 0 Å². The molecular formula is C11H6BrF6N3O2. The van der Waals surface area contributed by atoms with Gasteiger partial charge < -0.3 is 9.47 Å². The number of alkyl halides is 6.